The lowest BCUT2D eigenvalue weighted by molar-refractivity contribution is 0.144. The Morgan fingerprint density at radius 2 is 2.50 bits per heavy atom. The smallest absolute Gasteiger partial charge is 0.449 e. The second-order valence-corrected chi connectivity index (χ2v) is 2.19. The van der Waals surface area contributed by atoms with Crippen LogP contribution in [0.1, 0.15) is 5.82 Å². The van der Waals surface area contributed by atoms with Gasteiger partial charge >= 0.3 is 11.3 Å². The quantitative estimate of drug-likeness (QED) is 0.618. The molecule has 1 aromatic heterocycles. The van der Waals surface area contributed by atoms with E-state index in [0.29, 0.717) is 5.82 Å². The van der Waals surface area contributed by atoms with Crippen molar-refractivity contribution in [1.29, 1.82) is 0 Å². The minimum Gasteiger partial charge on any atom is -0.449 e. The fourth-order valence-corrected chi connectivity index (χ4v) is 0.927. The van der Waals surface area contributed by atoms with Gasteiger partial charge in [-0.3, -0.25) is 0 Å². The van der Waals surface area contributed by atoms with E-state index in [0.717, 1.165) is 11.5 Å². The molecule has 0 atom stereocenters. The van der Waals surface area contributed by atoms with E-state index in [1.807, 2.05) is 0 Å². The van der Waals surface area contributed by atoms with Crippen molar-refractivity contribution in [2.24, 2.45) is 0 Å². The number of nitrogens with zero attached hydrogens (tertiary/aromatic N) is 2. The Hall–Kier alpha value is -1.17. The Morgan fingerprint density at radius 3 is 2.90 bits per heavy atom. The molecule has 6 heteroatoms. The zero-order valence-electron chi connectivity index (χ0n) is 5.07. The first-order chi connectivity index (χ1) is 4.68. The van der Waals surface area contributed by atoms with Gasteiger partial charge < -0.3 is 9.84 Å². The van der Waals surface area contributed by atoms with Gasteiger partial charge in [-0.2, -0.15) is 9.36 Å². The highest BCUT2D eigenvalue weighted by atomic mass is 32.1. The summed E-state index contributed by atoms with van der Waals surface area (Å²) in [5.41, 5.74) is 0. The molecule has 0 aromatic carbocycles. The van der Waals surface area contributed by atoms with Crippen LogP contribution >= 0.6 is 11.5 Å². The highest BCUT2D eigenvalue weighted by Crippen LogP contribution is 2.12. The molecule has 1 heterocycles. The molecular weight excluding hydrogens is 156 g/mol. The molecule has 0 amide bonds. The van der Waals surface area contributed by atoms with Gasteiger partial charge in [0.15, 0.2) is 0 Å². The van der Waals surface area contributed by atoms with E-state index in [2.05, 4.69) is 14.1 Å². The van der Waals surface area contributed by atoms with E-state index < -0.39 is 6.16 Å². The van der Waals surface area contributed by atoms with Crippen LogP contribution in [-0.2, 0) is 0 Å². The summed E-state index contributed by atoms with van der Waals surface area (Å²) in [4.78, 5) is 13.5. The Bertz CT molecular complexity index is 246. The van der Waals surface area contributed by atoms with E-state index in [4.69, 9.17) is 5.11 Å². The van der Waals surface area contributed by atoms with E-state index in [9.17, 15) is 4.79 Å². The molecule has 0 spiro atoms. The van der Waals surface area contributed by atoms with Crippen LogP contribution < -0.4 is 4.74 Å². The van der Waals surface area contributed by atoms with Gasteiger partial charge in [-0.05, 0) is 6.92 Å². The zero-order chi connectivity index (χ0) is 7.56. The maximum absolute atomic E-state index is 9.89. The van der Waals surface area contributed by atoms with Gasteiger partial charge in [-0.15, -0.1) is 0 Å². The molecule has 1 N–H and O–H groups in total. The van der Waals surface area contributed by atoms with Crippen molar-refractivity contribution in [3.63, 3.8) is 0 Å². The van der Waals surface area contributed by atoms with E-state index in [-0.39, 0.29) is 5.19 Å². The predicted octanol–water partition coefficient (Wildman–Crippen LogP) is 0.903. The lowest BCUT2D eigenvalue weighted by Gasteiger charge is -1.87. The van der Waals surface area contributed by atoms with Crippen LogP contribution in [-0.4, -0.2) is 20.6 Å². The SMILES string of the molecule is Cc1nsc(OC(=O)O)n1. The van der Waals surface area contributed by atoms with Gasteiger partial charge in [0.05, 0.1) is 0 Å². The number of ether oxygens (including phenoxy) is 1. The van der Waals surface area contributed by atoms with Crippen molar-refractivity contribution in [2.75, 3.05) is 0 Å². The van der Waals surface area contributed by atoms with Crippen LogP contribution in [0.2, 0.25) is 0 Å². The number of aryl methyl sites for hydroxylation is 1. The van der Waals surface area contributed by atoms with Crippen molar-refractivity contribution >= 4 is 17.7 Å². The first-order valence-corrected chi connectivity index (χ1v) is 3.17. The number of carbonyl (C=O) groups is 1. The topological polar surface area (TPSA) is 72.3 Å². The summed E-state index contributed by atoms with van der Waals surface area (Å²) in [5.74, 6) is 0.515. The molecule has 0 radical (unpaired) electrons. The second-order valence-electron chi connectivity index (χ2n) is 1.48. The van der Waals surface area contributed by atoms with Crippen molar-refractivity contribution in [2.45, 2.75) is 6.92 Å². The van der Waals surface area contributed by atoms with Crippen molar-refractivity contribution < 1.29 is 14.6 Å². The molecule has 54 valence electrons. The summed E-state index contributed by atoms with van der Waals surface area (Å²) < 4.78 is 7.91. The van der Waals surface area contributed by atoms with Gasteiger partial charge in [-0.25, -0.2) is 4.79 Å². The number of rotatable bonds is 1. The van der Waals surface area contributed by atoms with Gasteiger partial charge in [0.2, 0.25) is 0 Å². The molecule has 0 saturated heterocycles. The molecule has 10 heavy (non-hydrogen) atoms. The van der Waals surface area contributed by atoms with Crippen LogP contribution in [0.15, 0.2) is 0 Å². The highest BCUT2D eigenvalue weighted by Gasteiger charge is 2.04. The molecule has 0 aliphatic rings. The summed E-state index contributed by atoms with van der Waals surface area (Å²) in [6.45, 7) is 1.66. The fourth-order valence-electron chi connectivity index (χ4n) is 0.394. The normalized spacial score (nSPS) is 9.30. The largest absolute Gasteiger partial charge is 0.513 e. The van der Waals surface area contributed by atoms with E-state index in [1.54, 1.807) is 6.92 Å². The maximum atomic E-state index is 9.89. The van der Waals surface area contributed by atoms with E-state index >= 15 is 0 Å². The number of hydrogen-bond acceptors (Lipinski definition) is 5. The molecule has 0 fully saturated rings. The van der Waals surface area contributed by atoms with Crippen LogP contribution in [0.25, 0.3) is 0 Å². The molecular formula is C4H4N2O3S. The van der Waals surface area contributed by atoms with Crippen LogP contribution in [0.5, 0.6) is 5.19 Å². The third-order valence-electron chi connectivity index (χ3n) is 0.684. The standard InChI is InChI=1S/C4H4N2O3S/c1-2-5-3(10-6-2)9-4(7)8/h1H3,(H,7,8). The summed E-state index contributed by atoms with van der Waals surface area (Å²) >= 11 is 0.914. The average molecular weight is 160 g/mol. The zero-order valence-corrected chi connectivity index (χ0v) is 5.88. The average Bonchev–Trinajstić information content (AvgIpc) is 2.13. The molecule has 0 aliphatic heterocycles. The molecule has 1 rings (SSSR count). The Morgan fingerprint density at radius 1 is 1.80 bits per heavy atom. The van der Waals surface area contributed by atoms with Gasteiger partial charge in [0.25, 0.3) is 0 Å². The van der Waals surface area contributed by atoms with Gasteiger partial charge in [-0.1, -0.05) is 0 Å². The minimum absolute atomic E-state index is 0.0602. The molecule has 1 aromatic rings. The Labute approximate surface area is 60.5 Å². The van der Waals surface area contributed by atoms with Crippen molar-refractivity contribution in [3.8, 4) is 5.19 Å². The third kappa shape index (κ3) is 1.66. The fraction of sp³-hybridized carbons (Fsp3) is 0.250. The van der Waals surface area contributed by atoms with Crippen molar-refractivity contribution in [1.82, 2.24) is 9.36 Å². The molecule has 0 unspecified atom stereocenters. The maximum Gasteiger partial charge on any atom is 0.513 e. The number of hydrogen-bond donors (Lipinski definition) is 1. The Balaban J connectivity index is 2.67. The number of carboxylic acid groups (broad SMARTS) is 1. The highest BCUT2D eigenvalue weighted by molar-refractivity contribution is 7.07. The molecule has 0 aliphatic carbocycles. The monoisotopic (exact) mass is 160 g/mol. The summed E-state index contributed by atoms with van der Waals surface area (Å²) in [6, 6.07) is 0. The second kappa shape index (κ2) is 2.61. The predicted molar refractivity (Wildman–Crippen MR) is 33.3 cm³/mol. The molecule has 0 saturated carbocycles. The summed E-state index contributed by atoms with van der Waals surface area (Å²) in [5, 5.41) is 8.15. The van der Waals surface area contributed by atoms with Gasteiger partial charge in [0.1, 0.15) is 5.82 Å². The van der Waals surface area contributed by atoms with Crippen LogP contribution in [0.3, 0.4) is 0 Å². The minimum atomic E-state index is -1.36. The van der Waals surface area contributed by atoms with Crippen LogP contribution in [0.4, 0.5) is 4.79 Å². The number of aromatic nitrogens is 2. The lowest BCUT2D eigenvalue weighted by Crippen LogP contribution is -2.02. The summed E-state index contributed by atoms with van der Waals surface area (Å²) in [7, 11) is 0. The Kier molecular flexibility index (Phi) is 1.81. The lowest BCUT2D eigenvalue weighted by atomic mass is 10.8. The van der Waals surface area contributed by atoms with Crippen molar-refractivity contribution in [3.05, 3.63) is 5.82 Å². The third-order valence-corrected chi connectivity index (χ3v) is 1.37. The van der Waals surface area contributed by atoms with Gasteiger partial charge in [0, 0.05) is 11.5 Å². The summed E-state index contributed by atoms with van der Waals surface area (Å²) in [6.07, 6.45) is -1.36. The van der Waals surface area contributed by atoms with Crippen LogP contribution in [0, 0.1) is 6.92 Å². The van der Waals surface area contributed by atoms with E-state index in [1.165, 1.54) is 0 Å². The molecule has 0 bridgehead atoms. The first kappa shape index (κ1) is 6.94. The first-order valence-electron chi connectivity index (χ1n) is 2.39. The molecule has 5 nitrogen and oxygen atoms in total.